The van der Waals surface area contributed by atoms with E-state index in [2.05, 4.69) is 12.2 Å². The summed E-state index contributed by atoms with van der Waals surface area (Å²) in [5.41, 5.74) is 0. The van der Waals surface area contributed by atoms with Crippen molar-refractivity contribution in [2.45, 2.75) is 32.6 Å². The Hall–Kier alpha value is -0.770. The van der Waals surface area contributed by atoms with Gasteiger partial charge in [0.2, 0.25) is 5.91 Å². The Morgan fingerprint density at radius 2 is 2.00 bits per heavy atom. The molecule has 0 aromatic rings. The maximum Gasteiger partial charge on any atom is 0.325 e. The van der Waals surface area contributed by atoms with Gasteiger partial charge in [0, 0.05) is 0 Å². The summed E-state index contributed by atoms with van der Waals surface area (Å²) in [6, 6.07) is 0. The number of rotatable bonds is 8. The van der Waals surface area contributed by atoms with Crippen LogP contribution in [0.5, 0.6) is 0 Å². The van der Waals surface area contributed by atoms with Gasteiger partial charge >= 0.3 is 5.97 Å². The van der Waals surface area contributed by atoms with Gasteiger partial charge in [0.25, 0.3) is 0 Å². The second kappa shape index (κ2) is 9.77. The molecule has 0 aliphatic heterocycles. The predicted molar refractivity (Wildman–Crippen MR) is 58.8 cm³/mol. The van der Waals surface area contributed by atoms with Crippen LogP contribution in [-0.2, 0) is 14.3 Å². The van der Waals surface area contributed by atoms with E-state index in [1.54, 1.807) is 0 Å². The number of hydrogen-bond acceptors (Lipinski definition) is 3. The van der Waals surface area contributed by atoms with Crippen LogP contribution in [0.4, 0.5) is 0 Å². The first-order valence-corrected chi connectivity index (χ1v) is 5.72. The molecule has 0 saturated carbocycles. The summed E-state index contributed by atoms with van der Waals surface area (Å²) in [5.74, 6) is -0.909. The van der Waals surface area contributed by atoms with Gasteiger partial charge in [-0.3, -0.25) is 9.59 Å². The average Bonchev–Trinajstić information content (AvgIpc) is 2.25. The number of esters is 1. The third-order valence-corrected chi connectivity index (χ3v) is 2.05. The first-order valence-electron chi connectivity index (χ1n) is 5.19. The molecule has 0 radical (unpaired) electrons. The van der Waals surface area contributed by atoms with E-state index in [4.69, 9.17) is 16.3 Å². The zero-order chi connectivity index (χ0) is 11.5. The van der Waals surface area contributed by atoms with Gasteiger partial charge in [0.05, 0.1) is 6.61 Å². The van der Waals surface area contributed by atoms with Crippen LogP contribution in [0.2, 0.25) is 0 Å². The Bertz CT molecular complexity index is 197. The highest BCUT2D eigenvalue weighted by Crippen LogP contribution is 1.98. The smallest absolute Gasteiger partial charge is 0.325 e. The number of unbranched alkanes of at least 4 members (excludes halogenated alkanes) is 3. The molecule has 0 aromatic heterocycles. The number of carbonyl (C=O) groups is 2. The number of amides is 1. The van der Waals surface area contributed by atoms with E-state index < -0.39 is 5.97 Å². The number of ether oxygens (including phenoxy) is 1. The monoisotopic (exact) mass is 235 g/mol. The van der Waals surface area contributed by atoms with E-state index >= 15 is 0 Å². The lowest BCUT2D eigenvalue weighted by molar-refractivity contribution is -0.143. The molecule has 0 heterocycles. The van der Waals surface area contributed by atoms with E-state index in [9.17, 15) is 9.59 Å². The molecule has 0 bridgehead atoms. The molecule has 4 nitrogen and oxygen atoms in total. The van der Waals surface area contributed by atoms with Gasteiger partial charge in [-0.25, -0.2) is 0 Å². The molecule has 0 saturated heterocycles. The van der Waals surface area contributed by atoms with Crippen molar-refractivity contribution in [3.05, 3.63) is 0 Å². The molecule has 0 aliphatic carbocycles. The minimum absolute atomic E-state index is 0.0979. The van der Waals surface area contributed by atoms with Gasteiger partial charge in [-0.05, 0) is 6.42 Å². The highest BCUT2D eigenvalue weighted by molar-refractivity contribution is 6.27. The van der Waals surface area contributed by atoms with E-state index in [1.165, 1.54) is 0 Å². The molecule has 0 unspecified atom stereocenters. The summed E-state index contributed by atoms with van der Waals surface area (Å²) < 4.78 is 4.89. The third kappa shape index (κ3) is 9.53. The van der Waals surface area contributed by atoms with Crippen molar-refractivity contribution in [2.75, 3.05) is 19.0 Å². The van der Waals surface area contributed by atoms with Crippen molar-refractivity contribution in [3.8, 4) is 0 Å². The summed E-state index contributed by atoms with van der Waals surface area (Å²) >= 11 is 5.23. The zero-order valence-electron chi connectivity index (χ0n) is 9.05. The van der Waals surface area contributed by atoms with Gasteiger partial charge in [-0.2, -0.15) is 0 Å². The summed E-state index contributed by atoms with van der Waals surface area (Å²) in [4.78, 5) is 21.7. The van der Waals surface area contributed by atoms with Crippen LogP contribution in [0.3, 0.4) is 0 Å². The molecular weight excluding hydrogens is 218 g/mol. The molecule has 0 aliphatic rings. The second-order valence-electron chi connectivity index (χ2n) is 3.19. The van der Waals surface area contributed by atoms with Crippen molar-refractivity contribution in [2.24, 2.45) is 0 Å². The van der Waals surface area contributed by atoms with Crippen molar-refractivity contribution < 1.29 is 14.3 Å². The standard InChI is InChI=1S/C10H18ClNO3/c1-2-3-4-5-6-15-10(14)8-12-9(13)7-11/h2-8H2,1H3,(H,12,13). The van der Waals surface area contributed by atoms with Crippen molar-refractivity contribution in [1.82, 2.24) is 5.32 Å². The molecule has 0 spiro atoms. The molecule has 0 fully saturated rings. The average molecular weight is 236 g/mol. The van der Waals surface area contributed by atoms with E-state index in [-0.39, 0.29) is 18.3 Å². The molecule has 88 valence electrons. The predicted octanol–water partition coefficient (Wildman–Crippen LogP) is 1.46. The third-order valence-electron chi connectivity index (χ3n) is 1.81. The molecule has 5 heteroatoms. The van der Waals surface area contributed by atoms with Gasteiger partial charge in [0.15, 0.2) is 0 Å². The Morgan fingerprint density at radius 1 is 1.27 bits per heavy atom. The molecule has 1 N–H and O–H groups in total. The van der Waals surface area contributed by atoms with Crippen LogP contribution in [0.1, 0.15) is 32.6 Å². The summed E-state index contributed by atoms with van der Waals surface area (Å²) in [7, 11) is 0. The van der Waals surface area contributed by atoms with Crippen LogP contribution in [0.15, 0.2) is 0 Å². The highest BCUT2D eigenvalue weighted by Gasteiger charge is 2.04. The van der Waals surface area contributed by atoms with E-state index in [0.717, 1.165) is 25.7 Å². The van der Waals surface area contributed by atoms with Crippen LogP contribution in [0.25, 0.3) is 0 Å². The SMILES string of the molecule is CCCCCCOC(=O)CNC(=O)CCl. The first kappa shape index (κ1) is 14.2. The van der Waals surface area contributed by atoms with Gasteiger partial charge in [-0.1, -0.05) is 26.2 Å². The Kier molecular flexibility index (Phi) is 9.27. The lowest BCUT2D eigenvalue weighted by Crippen LogP contribution is -2.31. The quantitative estimate of drug-likeness (QED) is 0.394. The largest absolute Gasteiger partial charge is 0.464 e. The normalized spacial score (nSPS) is 9.73. The minimum atomic E-state index is -0.412. The maximum atomic E-state index is 11.0. The Balaban J connectivity index is 3.30. The molecule has 0 atom stereocenters. The molecule has 1 amide bonds. The van der Waals surface area contributed by atoms with Crippen LogP contribution >= 0.6 is 11.6 Å². The summed E-state index contributed by atoms with van der Waals surface area (Å²) in [6.07, 6.45) is 4.25. The maximum absolute atomic E-state index is 11.0. The highest BCUT2D eigenvalue weighted by atomic mass is 35.5. The molecule has 15 heavy (non-hydrogen) atoms. The van der Waals surface area contributed by atoms with Gasteiger partial charge in [-0.15, -0.1) is 11.6 Å². The van der Waals surface area contributed by atoms with Gasteiger partial charge < -0.3 is 10.1 Å². The molecular formula is C10H18ClNO3. The van der Waals surface area contributed by atoms with Crippen molar-refractivity contribution >= 4 is 23.5 Å². The number of carbonyl (C=O) groups excluding carboxylic acids is 2. The topological polar surface area (TPSA) is 55.4 Å². The van der Waals surface area contributed by atoms with E-state index in [1.807, 2.05) is 0 Å². The number of hydrogen-bond donors (Lipinski definition) is 1. The number of halogens is 1. The summed E-state index contributed by atoms with van der Waals surface area (Å²) in [6.45, 7) is 2.45. The Labute approximate surface area is 95.3 Å². The van der Waals surface area contributed by atoms with Crippen molar-refractivity contribution in [3.63, 3.8) is 0 Å². The lowest BCUT2D eigenvalue weighted by Gasteiger charge is -2.04. The van der Waals surface area contributed by atoms with E-state index in [0.29, 0.717) is 6.61 Å². The zero-order valence-corrected chi connectivity index (χ0v) is 9.81. The number of nitrogens with one attached hydrogen (secondary N) is 1. The Morgan fingerprint density at radius 3 is 2.60 bits per heavy atom. The fourth-order valence-electron chi connectivity index (χ4n) is 0.984. The minimum Gasteiger partial charge on any atom is -0.464 e. The fourth-order valence-corrected chi connectivity index (χ4v) is 1.08. The van der Waals surface area contributed by atoms with Crippen molar-refractivity contribution in [1.29, 1.82) is 0 Å². The van der Waals surface area contributed by atoms with Crippen LogP contribution < -0.4 is 5.32 Å². The fraction of sp³-hybridized carbons (Fsp3) is 0.800. The molecule has 0 aromatic carbocycles. The summed E-state index contributed by atoms with van der Waals surface area (Å²) in [5, 5.41) is 2.34. The number of alkyl halides is 1. The molecule has 0 rings (SSSR count). The van der Waals surface area contributed by atoms with Gasteiger partial charge in [0.1, 0.15) is 12.4 Å². The van der Waals surface area contributed by atoms with Crippen LogP contribution in [-0.4, -0.2) is 30.9 Å². The van der Waals surface area contributed by atoms with Crippen LogP contribution in [0, 0.1) is 0 Å². The first-order chi connectivity index (χ1) is 7.20. The lowest BCUT2D eigenvalue weighted by atomic mass is 10.2. The second-order valence-corrected chi connectivity index (χ2v) is 3.46.